The maximum atomic E-state index is 12.8. The van der Waals surface area contributed by atoms with E-state index in [0.717, 1.165) is 38.5 Å². The van der Waals surface area contributed by atoms with Gasteiger partial charge in [0.05, 0.1) is 34.4 Å². The number of rotatable bonds is 56. The lowest BCUT2D eigenvalue weighted by Crippen LogP contribution is -2.37. The summed E-state index contributed by atoms with van der Waals surface area (Å²) in [6.45, 7) is 5.66. The molecular formula is C60H117NO7P+. The zero-order valence-corrected chi connectivity index (χ0v) is 47.5. The Morgan fingerprint density at radius 2 is 0.797 bits per heavy atom. The van der Waals surface area contributed by atoms with Gasteiger partial charge in [0.25, 0.3) is 0 Å². The van der Waals surface area contributed by atoms with Crippen molar-refractivity contribution in [2.24, 2.45) is 0 Å². The minimum atomic E-state index is -4.28. The number of phosphoric acid groups is 1. The predicted molar refractivity (Wildman–Crippen MR) is 298 cm³/mol. The molecule has 0 heterocycles. The molecule has 0 spiro atoms. The van der Waals surface area contributed by atoms with Gasteiger partial charge in [0.2, 0.25) is 0 Å². The third kappa shape index (κ3) is 57.5. The van der Waals surface area contributed by atoms with E-state index in [9.17, 15) is 14.3 Å². The normalized spacial score (nSPS) is 13.7. The van der Waals surface area contributed by atoms with E-state index in [0.29, 0.717) is 24.1 Å². The van der Waals surface area contributed by atoms with Gasteiger partial charge in [0, 0.05) is 13.0 Å². The molecule has 0 saturated heterocycles. The van der Waals surface area contributed by atoms with E-state index in [1.165, 1.54) is 225 Å². The highest BCUT2D eigenvalue weighted by atomic mass is 31.2. The molecule has 9 heteroatoms. The smallest absolute Gasteiger partial charge is 0.457 e. The predicted octanol–water partition coefficient (Wildman–Crippen LogP) is 18.8. The fraction of sp³-hybridized carbons (Fsp3) is 0.883. The number of ether oxygens (including phenoxy) is 2. The zero-order valence-electron chi connectivity index (χ0n) is 46.6. The molecule has 0 radical (unpaired) electrons. The van der Waals surface area contributed by atoms with E-state index in [4.69, 9.17) is 18.5 Å². The zero-order chi connectivity index (χ0) is 50.5. The van der Waals surface area contributed by atoms with Gasteiger partial charge in [-0.2, -0.15) is 0 Å². The number of allylic oxidation sites excluding steroid dienone is 6. The molecule has 0 amide bonds. The van der Waals surface area contributed by atoms with Crippen LogP contribution in [0.15, 0.2) is 36.5 Å². The monoisotopic (exact) mass is 995 g/mol. The van der Waals surface area contributed by atoms with Crippen LogP contribution in [0, 0.1) is 0 Å². The van der Waals surface area contributed by atoms with E-state index < -0.39 is 13.9 Å². The Morgan fingerprint density at radius 1 is 0.449 bits per heavy atom. The Labute approximate surface area is 429 Å². The summed E-state index contributed by atoms with van der Waals surface area (Å²) >= 11 is 0. The van der Waals surface area contributed by atoms with Crippen LogP contribution in [0.1, 0.15) is 284 Å². The van der Waals surface area contributed by atoms with Gasteiger partial charge < -0.3 is 18.9 Å². The van der Waals surface area contributed by atoms with E-state index in [1.54, 1.807) is 0 Å². The minimum Gasteiger partial charge on any atom is -0.457 e. The number of hydrogen-bond donors (Lipinski definition) is 1. The van der Waals surface area contributed by atoms with Crippen LogP contribution < -0.4 is 0 Å². The van der Waals surface area contributed by atoms with Crippen LogP contribution in [-0.2, 0) is 27.9 Å². The number of likely N-dealkylation sites (N-methyl/N-ethyl adjacent to an activating group) is 1. The molecule has 0 fully saturated rings. The number of hydrogen-bond acceptors (Lipinski definition) is 6. The quantitative estimate of drug-likeness (QED) is 0.0213. The molecule has 0 aliphatic rings. The molecule has 0 aromatic heterocycles. The van der Waals surface area contributed by atoms with E-state index in [-0.39, 0.29) is 25.8 Å². The molecular weight excluding hydrogens is 878 g/mol. The summed E-state index contributed by atoms with van der Waals surface area (Å²) in [4.78, 5) is 23.1. The average molecular weight is 996 g/mol. The van der Waals surface area contributed by atoms with Crippen molar-refractivity contribution in [2.45, 2.75) is 290 Å². The number of esters is 1. The molecule has 408 valence electrons. The Kier molecular flexibility index (Phi) is 52.0. The number of phosphoric ester groups is 1. The highest BCUT2D eigenvalue weighted by molar-refractivity contribution is 7.47. The van der Waals surface area contributed by atoms with Crippen molar-refractivity contribution in [1.29, 1.82) is 0 Å². The number of carbonyl (C=O) groups excluding carboxylic acids is 1. The van der Waals surface area contributed by atoms with Crippen LogP contribution in [0.3, 0.4) is 0 Å². The number of quaternary nitrogens is 1. The van der Waals surface area contributed by atoms with E-state index in [2.05, 4.69) is 50.3 Å². The number of unbranched alkanes of at least 4 members (excludes halogenated alkanes) is 36. The van der Waals surface area contributed by atoms with Crippen molar-refractivity contribution in [3.05, 3.63) is 36.5 Å². The second-order valence-corrected chi connectivity index (χ2v) is 22.8. The van der Waals surface area contributed by atoms with Crippen molar-refractivity contribution < 1.29 is 37.3 Å². The number of carbonyl (C=O) groups is 1. The summed E-state index contributed by atoms with van der Waals surface area (Å²) in [5, 5.41) is 0. The average Bonchev–Trinajstić information content (AvgIpc) is 3.31. The van der Waals surface area contributed by atoms with Crippen molar-refractivity contribution in [3.63, 3.8) is 0 Å². The van der Waals surface area contributed by atoms with Crippen LogP contribution in [0.4, 0.5) is 0 Å². The van der Waals surface area contributed by atoms with Crippen LogP contribution in [-0.4, -0.2) is 75.6 Å². The van der Waals surface area contributed by atoms with Gasteiger partial charge in [0.15, 0.2) is 0 Å². The first-order valence-electron chi connectivity index (χ1n) is 29.7. The molecule has 0 bridgehead atoms. The maximum Gasteiger partial charge on any atom is 0.472 e. The Hall–Kier alpha value is -1.28. The van der Waals surface area contributed by atoms with Crippen LogP contribution in [0.25, 0.3) is 0 Å². The van der Waals surface area contributed by atoms with Gasteiger partial charge in [-0.3, -0.25) is 13.8 Å². The van der Waals surface area contributed by atoms with Crippen molar-refractivity contribution in [2.75, 3.05) is 54.1 Å². The maximum absolute atomic E-state index is 12.8. The summed E-state index contributed by atoms with van der Waals surface area (Å²) in [6.07, 6.45) is 66.4. The Balaban J connectivity index is 4.04. The van der Waals surface area contributed by atoms with Gasteiger partial charge in [-0.05, 0) is 70.6 Å². The first-order chi connectivity index (χ1) is 33.6. The topological polar surface area (TPSA) is 91.3 Å². The molecule has 8 nitrogen and oxygen atoms in total. The van der Waals surface area contributed by atoms with Crippen LogP contribution in [0.2, 0.25) is 0 Å². The molecule has 0 rings (SSSR count). The van der Waals surface area contributed by atoms with Crippen LogP contribution >= 0.6 is 7.82 Å². The molecule has 2 atom stereocenters. The van der Waals surface area contributed by atoms with Crippen molar-refractivity contribution >= 4 is 13.8 Å². The SMILES string of the molecule is CCCCCCC/C=C\C/C=C\CCCCCCCCCCCCCCOCC(COP(=O)(O)OCC[N+](C)(C)C)OC(=O)CCCCCCCCCCCCC/C=C\CCCCCCCCCC. The summed E-state index contributed by atoms with van der Waals surface area (Å²) in [7, 11) is 1.68. The van der Waals surface area contributed by atoms with Gasteiger partial charge in [0.1, 0.15) is 19.3 Å². The van der Waals surface area contributed by atoms with Gasteiger partial charge in [-0.15, -0.1) is 0 Å². The largest absolute Gasteiger partial charge is 0.472 e. The summed E-state index contributed by atoms with van der Waals surface area (Å²) in [5.41, 5.74) is 0. The lowest BCUT2D eigenvalue weighted by molar-refractivity contribution is -0.870. The molecule has 0 aliphatic carbocycles. The molecule has 69 heavy (non-hydrogen) atoms. The van der Waals surface area contributed by atoms with E-state index >= 15 is 0 Å². The summed E-state index contributed by atoms with van der Waals surface area (Å²) in [6, 6.07) is 0. The molecule has 1 N–H and O–H groups in total. The summed E-state index contributed by atoms with van der Waals surface area (Å²) < 4.78 is 35.3. The lowest BCUT2D eigenvalue weighted by Gasteiger charge is -2.24. The molecule has 0 aliphatic heterocycles. The van der Waals surface area contributed by atoms with Gasteiger partial charge in [-0.25, -0.2) is 4.57 Å². The van der Waals surface area contributed by atoms with E-state index in [1.807, 2.05) is 21.1 Å². The van der Waals surface area contributed by atoms with Crippen molar-refractivity contribution in [3.8, 4) is 0 Å². The summed E-state index contributed by atoms with van der Waals surface area (Å²) in [5.74, 6) is -0.310. The lowest BCUT2D eigenvalue weighted by atomic mass is 10.0. The first-order valence-corrected chi connectivity index (χ1v) is 31.2. The second kappa shape index (κ2) is 53.0. The third-order valence-electron chi connectivity index (χ3n) is 13.2. The fourth-order valence-corrected chi connectivity index (χ4v) is 9.32. The van der Waals surface area contributed by atoms with Crippen LogP contribution in [0.5, 0.6) is 0 Å². The van der Waals surface area contributed by atoms with Gasteiger partial charge >= 0.3 is 13.8 Å². The molecule has 0 aromatic rings. The fourth-order valence-electron chi connectivity index (χ4n) is 8.58. The molecule has 0 saturated carbocycles. The standard InChI is InChI=1S/C60H116NO7P/c1-6-8-10-12-14-16-18-20-22-24-26-28-30-32-34-36-38-40-42-44-46-48-50-52-55-65-57-59(58-67-69(63,64)66-56-54-61(3,4)5)68-60(62)53-51-49-47-45-43-41-39-37-35-33-31-29-27-25-23-21-19-17-15-13-11-9-7-2/h18,20,24-27,59H,6-17,19,21-23,28-58H2,1-5H3/p+1/b20-18-,26-24-,27-25-. The second-order valence-electron chi connectivity index (χ2n) is 21.4. The molecule has 0 aromatic carbocycles. The highest BCUT2D eigenvalue weighted by Crippen LogP contribution is 2.43. The first kappa shape index (κ1) is 67.7. The Bertz CT molecular complexity index is 1200. The highest BCUT2D eigenvalue weighted by Gasteiger charge is 2.26. The third-order valence-corrected chi connectivity index (χ3v) is 14.2. The van der Waals surface area contributed by atoms with Gasteiger partial charge in [-0.1, -0.05) is 243 Å². The van der Waals surface area contributed by atoms with Crippen molar-refractivity contribution in [1.82, 2.24) is 0 Å². The number of nitrogens with zero attached hydrogens (tertiary/aromatic N) is 1. The molecule has 2 unspecified atom stereocenters. The minimum absolute atomic E-state index is 0.0894. The Morgan fingerprint density at radius 3 is 1.19 bits per heavy atom.